The van der Waals surface area contributed by atoms with Crippen molar-refractivity contribution in [3.05, 3.63) is 52.6 Å². The molecule has 7 heteroatoms. The molecule has 176 valence electrons. The number of carbonyl (C=O) groups excluding carboxylic acids is 1. The molecule has 0 atom stereocenters. The minimum atomic E-state index is -0.368. The van der Waals surface area contributed by atoms with E-state index in [1.165, 1.54) is 34.5 Å². The van der Waals surface area contributed by atoms with E-state index in [0.717, 1.165) is 30.6 Å². The van der Waals surface area contributed by atoms with Gasteiger partial charge in [0.2, 0.25) is 5.75 Å². The first-order valence-electron chi connectivity index (χ1n) is 10.7. The first kappa shape index (κ1) is 24.2. The SMILES string of the molecule is COc1cc(/C=C/C(=O)c2c(OC)cc(C)c(C3=CCN(C)CC3)c2O)cc(OC)c1OC. The molecule has 2 aromatic carbocycles. The third-order valence-electron chi connectivity index (χ3n) is 5.78. The van der Waals surface area contributed by atoms with Gasteiger partial charge in [-0.1, -0.05) is 12.2 Å². The van der Waals surface area contributed by atoms with Crippen LogP contribution >= 0.6 is 0 Å². The minimum absolute atomic E-state index is 0.0535. The summed E-state index contributed by atoms with van der Waals surface area (Å²) in [5.74, 6) is 1.35. The maximum Gasteiger partial charge on any atom is 0.203 e. The first-order chi connectivity index (χ1) is 15.8. The topological polar surface area (TPSA) is 77.5 Å². The van der Waals surface area contributed by atoms with Crippen LogP contribution in [-0.4, -0.2) is 64.4 Å². The van der Waals surface area contributed by atoms with Crippen LogP contribution in [0.5, 0.6) is 28.7 Å². The van der Waals surface area contributed by atoms with Gasteiger partial charge in [0.1, 0.15) is 17.1 Å². The summed E-state index contributed by atoms with van der Waals surface area (Å²) in [5, 5.41) is 11.2. The largest absolute Gasteiger partial charge is 0.506 e. The lowest BCUT2D eigenvalue weighted by molar-refractivity contribution is 0.104. The Bertz CT molecular complexity index is 1080. The van der Waals surface area contributed by atoms with E-state index in [4.69, 9.17) is 18.9 Å². The molecule has 1 aliphatic rings. The molecule has 1 aliphatic heterocycles. The van der Waals surface area contributed by atoms with E-state index in [1.807, 2.05) is 6.92 Å². The molecule has 0 saturated carbocycles. The molecule has 0 fully saturated rings. The van der Waals surface area contributed by atoms with Gasteiger partial charge in [0.25, 0.3) is 0 Å². The number of aromatic hydroxyl groups is 1. The van der Waals surface area contributed by atoms with Gasteiger partial charge in [-0.2, -0.15) is 0 Å². The summed E-state index contributed by atoms with van der Waals surface area (Å²) in [6, 6.07) is 5.28. The normalized spacial score (nSPS) is 14.2. The second-order valence-corrected chi connectivity index (χ2v) is 7.89. The fraction of sp³-hybridized carbons (Fsp3) is 0.346. The molecule has 0 aromatic heterocycles. The summed E-state index contributed by atoms with van der Waals surface area (Å²) in [6.45, 7) is 3.60. The summed E-state index contributed by atoms with van der Waals surface area (Å²) in [6.07, 6.45) is 5.94. The molecule has 7 nitrogen and oxygen atoms in total. The number of carbonyl (C=O) groups is 1. The van der Waals surface area contributed by atoms with Gasteiger partial charge in [0.05, 0.1) is 28.4 Å². The van der Waals surface area contributed by atoms with Crippen molar-refractivity contribution in [2.45, 2.75) is 13.3 Å². The van der Waals surface area contributed by atoms with Crippen molar-refractivity contribution < 1.29 is 28.8 Å². The van der Waals surface area contributed by atoms with E-state index < -0.39 is 0 Å². The number of phenolic OH excluding ortho intramolecular Hbond substituents is 1. The molecule has 0 bridgehead atoms. The highest BCUT2D eigenvalue weighted by atomic mass is 16.5. The number of ether oxygens (including phenoxy) is 4. The second kappa shape index (κ2) is 10.4. The maximum absolute atomic E-state index is 13.2. The number of hydrogen-bond donors (Lipinski definition) is 1. The van der Waals surface area contributed by atoms with Gasteiger partial charge >= 0.3 is 0 Å². The Hall–Kier alpha value is -3.45. The van der Waals surface area contributed by atoms with Crippen LogP contribution < -0.4 is 18.9 Å². The molecule has 0 unspecified atom stereocenters. The van der Waals surface area contributed by atoms with Gasteiger partial charge in [-0.3, -0.25) is 4.79 Å². The van der Waals surface area contributed by atoms with Crippen molar-refractivity contribution in [2.24, 2.45) is 0 Å². The molecule has 2 aromatic rings. The molecule has 1 N–H and O–H groups in total. The van der Waals surface area contributed by atoms with Crippen LogP contribution in [0.25, 0.3) is 11.6 Å². The molecule has 3 rings (SSSR count). The predicted molar refractivity (Wildman–Crippen MR) is 129 cm³/mol. The number of allylic oxidation sites excluding steroid dienone is 1. The molecule has 0 spiro atoms. The highest BCUT2D eigenvalue weighted by molar-refractivity contribution is 6.11. The monoisotopic (exact) mass is 453 g/mol. The van der Waals surface area contributed by atoms with Crippen LogP contribution in [0.1, 0.15) is 33.5 Å². The summed E-state index contributed by atoms with van der Waals surface area (Å²) >= 11 is 0. The molecule has 0 saturated heterocycles. The molecule has 0 radical (unpaired) electrons. The number of likely N-dealkylation sites (N-methyl/N-ethyl adjacent to an activating group) is 1. The second-order valence-electron chi connectivity index (χ2n) is 7.89. The number of hydrogen-bond acceptors (Lipinski definition) is 7. The third kappa shape index (κ3) is 4.98. The summed E-state index contributed by atoms with van der Waals surface area (Å²) in [7, 11) is 8.14. The number of rotatable bonds is 8. The zero-order chi connectivity index (χ0) is 24.1. The van der Waals surface area contributed by atoms with Crippen molar-refractivity contribution in [3.63, 3.8) is 0 Å². The smallest absolute Gasteiger partial charge is 0.203 e. The Morgan fingerprint density at radius 3 is 2.15 bits per heavy atom. The van der Waals surface area contributed by atoms with Crippen molar-refractivity contribution in [1.29, 1.82) is 0 Å². The fourth-order valence-corrected chi connectivity index (χ4v) is 4.02. The van der Waals surface area contributed by atoms with Crippen LogP contribution in [0.15, 0.2) is 30.4 Å². The van der Waals surface area contributed by atoms with Crippen molar-refractivity contribution >= 4 is 17.4 Å². The lowest BCUT2D eigenvalue weighted by Crippen LogP contribution is -2.24. The predicted octanol–water partition coefficient (Wildman–Crippen LogP) is 4.35. The standard InChI is InChI=1S/C26H31NO6/c1-16-13-20(30-3)24(25(29)23(16)18-9-11-27(2)12-10-18)19(28)8-7-17-14-21(31-4)26(33-6)22(15-17)32-5/h7-9,13-15,29H,10-12H2,1-6H3/b8-7+. The first-order valence-corrected chi connectivity index (χ1v) is 10.7. The molecular formula is C26H31NO6. The molecule has 33 heavy (non-hydrogen) atoms. The zero-order valence-corrected chi connectivity index (χ0v) is 20.0. The Kier molecular flexibility index (Phi) is 7.66. The van der Waals surface area contributed by atoms with Crippen LogP contribution in [0.4, 0.5) is 0 Å². The Balaban J connectivity index is 2.02. The molecule has 0 amide bonds. The van der Waals surface area contributed by atoms with Crippen LogP contribution in [0.3, 0.4) is 0 Å². The summed E-state index contributed by atoms with van der Waals surface area (Å²) in [4.78, 5) is 15.4. The highest BCUT2D eigenvalue weighted by Crippen LogP contribution is 2.41. The van der Waals surface area contributed by atoms with Crippen LogP contribution in [0.2, 0.25) is 0 Å². The van der Waals surface area contributed by atoms with Gasteiger partial charge in [-0.15, -0.1) is 0 Å². The minimum Gasteiger partial charge on any atom is -0.506 e. The molecule has 0 aliphatic carbocycles. The molecule has 1 heterocycles. The van der Waals surface area contributed by atoms with Gasteiger partial charge in [-0.25, -0.2) is 0 Å². The van der Waals surface area contributed by atoms with Gasteiger partial charge in [0, 0.05) is 18.7 Å². The number of phenols is 1. The average Bonchev–Trinajstić information content (AvgIpc) is 2.82. The van der Waals surface area contributed by atoms with Crippen molar-refractivity contribution in [2.75, 3.05) is 48.6 Å². The van der Waals surface area contributed by atoms with Gasteiger partial charge in [-0.05, 0) is 61.4 Å². The average molecular weight is 454 g/mol. The lowest BCUT2D eigenvalue weighted by atomic mass is 9.90. The van der Waals surface area contributed by atoms with E-state index in [9.17, 15) is 9.90 Å². The van der Waals surface area contributed by atoms with Gasteiger partial charge < -0.3 is 29.0 Å². The number of ketones is 1. The van der Waals surface area contributed by atoms with Crippen LogP contribution in [0, 0.1) is 6.92 Å². The van der Waals surface area contributed by atoms with E-state index in [0.29, 0.717) is 34.1 Å². The van der Waals surface area contributed by atoms with E-state index >= 15 is 0 Å². The lowest BCUT2D eigenvalue weighted by Gasteiger charge is -2.24. The van der Waals surface area contributed by atoms with Crippen molar-refractivity contribution in [1.82, 2.24) is 4.90 Å². The quantitative estimate of drug-likeness (QED) is 0.470. The van der Waals surface area contributed by atoms with Crippen LogP contribution in [-0.2, 0) is 0 Å². The molecular weight excluding hydrogens is 422 g/mol. The summed E-state index contributed by atoms with van der Waals surface area (Å²) < 4.78 is 21.5. The van der Waals surface area contributed by atoms with E-state index in [-0.39, 0.29) is 17.1 Å². The highest BCUT2D eigenvalue weighted by Gasteiger charge is 2.24. The summed E-state index contributed by atoms with van der Waals surface area (Å²) in [5.41, 5.74) is 3.43. The Morgan fingerprint density at radius 2 is 1.64 bits per heavy atom. The van der Waals surface area contributed by atoms with E-state index in [1.54, 1.807) is 24.3 Å². The van der Waals surface area contributed by atoms with Crippen molar-refractivity contribution in [3.8, 4) is 28.7 Å². The Morgan fingerprint density at radius 1 is 1.00 bits per heavy atom. The fourth-order valence-electron chi connectivity index (χ4n) is 4.02. The Labute approximate surface area is 194 Å². The maximum atomic E-state index is 13.2. The van der Waals surface area contributed by atoms with E-state index in [2.05, 4.69) is 18.0 Å². The number of benzene rings is 2. The zero-order valence-electron chi connectivity index (χ0n) is 20.0. The number of methoxy groups -OCH3 is 4. The third-order valence-corrected chi connectivity index (χ3v) is 5.78. The van der Waals surface area contributed by atoms with Gasteiger partial charge in [0.15, 0.2) is 17.3 Å². The number of nitrogens with zero attached hydrogens (tertiary/aromatic N) is 1. The number of aryl methyl sites for hydroxylation is 1.